The van der Waals surface area contributed by atoms with Crippen molar-refractivity contribution >= 4 is 11.9 Å². The number of carbonyl (C=O) groups excluding carboxylic acids is 1. The molecule has 1 amide bonds. The molecule has 1 unspecified atom stereocenters. The minimum Gasteiger partial charge on any atom is -0.481 e. The summed E-state index contributed by atoms with van der Waals surface area (Å²) in [4.78, 5) is 27.9. The van der Waals surface area contributed by atoms with Crippen LogP contribution in [0.1, 0.15) is 29.6 Å². The molecule has 2 rings (SSSR count). The van der Waals surface area contributed by atoms with Crippen LogP contribution in [0.4, 0.5) is 4.39 Å². The van der Waals surface area contributed by atoms with Crippen LogP contribution < -0.4 is 0 Å². The number of carbonyl (C=O) groups is 2. The predicted octanol–water partition coefficient (Wildman–Crippen LogP) is 1.30. The van der Waals surface area contributed by atoms with Crippen molar-refractivity contribution in [2.24, 2.45) is 0 Å². The zero-order valence-corrected chi connectivity index (χ0v) is 9.67. The zero-order valence-electron chi connectivity index (χ0n) is 9.67. The van der Waals surface area contributed by atoms with Crippen molar-refractivity contribution < 1.29 is 19.1 Å². The van der Waals surface area contributed by atoms with Crippen molar-refractivity contribution in [3.05, 3.63) is 29.8 Å². The number of nitrogens with zero attached hydrogens (tertiary/aromatic N) is 2. The average Bonchev–Trinajstić information content (AvgIpc) is 2.75. The number of pyridine rings is 1. The number of halogens is 1. The molecule has 1 N–H and O–H groups in total. The summed E-state index contributed by atoms with van der Waals surface area (Å²) in [5, 5.41) is 8.78. The van der Waals surface area contributed by atoms with E-state index < -0.39 is 11.8 Å². The maximum absolute atomic E-state index is 13.0. The van der Waals surface area contributed by atoms with Crippen molar-refractivity contribution in [1.29, 1.82) is 0 Å². The van der Waals surface area contributed by atoms with Crippen LogP contribution in [0.2, 0.25) is 0 Å². The molecule has 1 aromatic heterocycles. The molecule has 1 atom stereocenters. The van der Waals surface area contributed by atoms with E-state index in [0.29, 0.717) is 13.0 Å². The van der Waals surface area contributed by atoms with Crippen molar-refractivity contribution in [1.82, 2.24) is 9.88 Å². The standard InChI is InChI=1S/C12H13FN2O3/c13-9-4-8(6-14-7-9)12(18)15-3-1-2-10(15)5-11(16)17/h4,6-7,10H,1-3,5H2,(H,16,17). The summed E-state index contributed by atoms with van der Waals surface area (Å²) >= 11 is 0. The Morgan fingerprint density at radius 1 is 1.50 bits per heavy atom. The van der Waals surface area contributed by atoms with Gasteiger partial charge in [0.15, 0.2) is 0 Å². The first-order chi connectivity index (χ1) is 8.58. The van der Waals surface area contributed by atoms with Crippen LogP contribution in [-0.4, -0.2) is 39.5 Å². The summed E-state index contributed by atoms with van der Waals surface area (Å²) in [5.74, 6) is -1.86. The normalized spacial score (nSPS) is 18.9. The molecular formula is C12H13FN2O3. The molecular weight excluding hydrogens is 239 g/mol. The fourth-order valence-corrected chi connectivity index (χ4v) is 2.21. The van der Waals surface area contributed by atoms with Gasteiger partial charge in [0.05, 0.1) is 18.2 Å². The van der Waals surface area contributed by atoms with E-state index in [1.165, 1.54) is 11.1 Å². The molecule has 1 aliphatic rings. The first kappa shape index (κ1) is 12.5. The highest BCUT2D eigenvalue weighted by atomic mass is 19.1. The van der Waals surface area contributed by atoms with Gasteiger partial charge in [0.1, 0.15) is 5.82 Å². The molecule has 1 saturated heterocycles. The summed E-state index contributed by atoms with van der Waals surface area (Å²) in [6.45, 7) is 0.507. The number of rotatable bonds is 3. The van der Waals surface area contributed by atoms with E-state index in [1.54, 1.807) is 0 Å². The molecule has 1 aromatic rings. The predicted molar refractivity (Wildman–Crippen MR) is 60.5 cm³/mol. The lowest BCUT2D eigenvalue weighted by molar-refractivity contribution is -0.137. The van der Waals surface area contributed by atoms with E-state index in [2.05, 4.69) is 4.98 Å². The molecule has 6 heteroatoms. The van der Waals surface area contributed by atoms with Gasteiger partial charge in [-0.05, 0) is 18.9 Å². The molecule has 0 aromatic carbocycles. The van der Waals surface area contributed by atoms with Gasteiger partial charge in [0.25, 0.3) is 5.91 Å². The highest BCUT2D eigenvalue weighted by Gasteiger charge is 2.31. The molecule has 0 spiro atoms. The fraction of sp³-hybridized carbons (Fsp3) is 0.417. The Kier molecular flexibility index (Phi) is 3.55. The van der Waals surface area contributed by atoms with Crippen molar-refractivity contribution in [2.45, 2.75) is 25.3 Å². The Hall–Kier alpha value is -1.98. The monoisotopic (exact) mass is 252 g/mol. The number of aliphatic carboxylic acids is 1. The highest BCUT2D eigenvalue weighted by Crippen LogP contribution is 2.22. The van der Waals surface area contributed by atoms with Gasteiger partial charge in [-0.25, -0.2) is 4.39 Å². The highest BCUT2D eigenvalue weighted by molar-refractivity contribution is 5.94. The van der Waals surface area contributed by atoms with Gasteiger partial charge in [0, 0.05) is 18.8 Å². The van der Waals surface area contributed by atoms with Crippen molar-refractivity contribution in [2.75, 3.05) is 6.54 Å². The number of hydrogen-bond acceptors (Lipinski definition) is 3. The van der Waals surface area contributed by atoms with Crippen LogP contribution in [0.5, 0.6) is 0 Å². The van der Waals surface area contributed by atoms with Gasteiger partial charge < -0.3 is 10.0 Å². The first-order valence-corrected chi connectivity index (χ1v) is 5.71. The number of amides is 1. The van der Waals surface area contributed by atoms with Crippen molar-refractivity contribution in [3.63, 3.8) is 0 Å². The topological polar surface area (TPSA) is 70.5 Å². The van der Waals surface area contributed by atoms with Crippen LogP contribution in [0, 0.1) is 5.82 Å². The van der Waals surface area contributed by atoms with Gasteiger partial charge >= 0.3 is 5.97 Å². The Morgan fingerprint density at radius 3 is 2.94 bits per heavy atom. The van der Waals surface area contributed by atoms with Gasteiger partial charge in [-0.3, -0.25) is 14.6 Å². The molecule has 18 heavy (non-hydrogen) atoms. The summed E-state index contributed by atoms with van der Waals surface area (Å²) in [7, 11) is 0. The third-order valence-corrected chi connectivity index (χ3v) is 3.00. The number of carboxylic acids is 1. The number of likely N-dealkylation sites (tertiary alicyclic amines) is 1. The molecule has 0 aliphatic carbocycles. The first-order valence-electron chi connectivity index (χ1n) is 5.71. The number of carboxylic acid groups (broad SMARTS) is 1. The van der Waals surface area contributed by atoms with E-state index >= 15 is 0 Å². The molecule has 0 bridgehead atoms. The van der Waals surface area contributed by atoms with E-state index in [-0.39, 0.29) is 23.9 Å². The second-order valence-electron chi connectivity index (χ2n) is 4.28. The Balaban J connectivity index is 2.15. The second-order valence-corrected chi connectivity index (χ2v) is 4.28. The number of hydrogen-bond donors (Lipinski definition) is 1. The summed E-state index contributed by atoms with van der Waals surface area (Å²) < 4.78 is 13.0. The summed E-state index contributed by atoms with van der Waals surface area (Å²) in [5.41, 5.74) is 0.160. The third kappa shape index (κ3) is 2.64. The van der Waals surface area contributed by atoms with Crippen LogP contribution >= 0.6 is 0 Å². The SMILES string of the molecule is O=C(O)CC1CCCN1C(=O)c1cncc(F)c1. The summed E-state index contributed by atoms with van der Waals surface area (Å²) in [6.07, 6.45) is 3.68. The largest absolute Gasteiger partial charge is 0.481 e. The maximum atomic E-state index is 13.0. The van der Waals surface area contributed by atoms with Crippen LogP contribution in [-0.2, 0) is 4.79 Å². The average molecular weight is 252 g/mol. The Morgan fingerprint density at radius 2 is 2.28 bits per heavy atom. The van der Waals surface area contributed by atoms with E-state index in [1.807, 2.05) is 0 Å². The fourth-order valence-electron chi connectivity index (χ4n) is 2.21. The lowest BCUT2D eigenvalue weighted by atomic mass is 10.1. The Bertz CT molecular complexity index is 478. The second kappa shape index (κ2) is 5.12. The number of aromatic nitrogens is 1. The van der Waals surface area contributed by atoms with E-state index in [0.717, 1.165) is 18.7 Å². The quantitative estimate of drug-likeness (QED) is 0.880. The van der Waals surface area contributed by atoms with Crippen LogP contribution in [0.15, 0.2) is 18.5 Å². The van der Waals surface area contributed by atoms with Crippen LogP contribution in [0.3, 0.4) is 0 Å². The maximum Gasteiger partial charge on any atom is 0.305 e. The minimum absolute atomic E-state index is 0.0749. The molecule has 2 heterocycles. The third-order valence-electron chi connectivity index (χ3n) is 3.00. The van der Waals surface area contributed by atoms with Crippen molar-refractivity contribution in [3.8, 4) is 0 Å². The lowest BCUT2D eigenvalue weighted by Crippen LogP contribution is -2.36. The molecule has 0 radical (unpaired) electrons. The molecule has 1 fully saturated rings. The molecule has 1 aliphatic heterocycles. The smallest absolute Gasteiger partial charge is 0.305 e. The molecule has 5 nitrogen and oxygen atoms in total. The van der Waals surface area contributed by atoms with Gasteiger partial charge in [-0.1, -0.05) is 0 Å². The van der Waals surface area contributed by atoms with Gasteiger partial charge in [-0.2, -0.15) is 0 Å². The van der Waals surface area contributed by atoms with E-state index in [9.17, 15) is 14.0 Å². The summed E-state index contributed by atoms with van der Waals surface area (Å²) in [6, 6.07) is 0.809. The Labute approximate surface area is 103 Å². The molecule has 96 valence electrons. The minimum atomic E-state index is -0.933. The van der Waals surface area contributed by atoms with Gasteiger partial charge in [0.2, 0.25) is 0 Å². The molecule has 0 saturated carbocycles. The van der Waals surface area contributed by atoms with E-state index in [4.69, 9.17) is 5.11 Å². The van der Waals surface area contributed by atoms with Gasteiger partial charge in [-0.15, -0.1) is 0 Å². The zero-order chi connectivity index (χ0) is 13.1. The lowest BCUT2D eigenvalue weighted by Gasteiger charge is -2.23. The van der Waals surface area contributed by atoms with Crippen LogP contribution in [0.25, 0.3) is 0 Å².